The lowest BCUT2D eigenvalue weighted by Crippen LogP contribution is -2.27. The highest BCUT2D eigenvalue weighted by Gasteiger charge is 2.13. The first-order chi connectivity index (χ1) is 10.0. The summed E-state index contributed by atoms with van der Waals surface area (Å²) in [6.45, 7) is 3.88. The van der Waals surface area contributed by atoms with Gasteiger partial charge in [-0.2, -0.15) is 0 Å². The maximum absolute atomic E-state index is 12.4. The standard InChI is InChI=1S/C17H19ClN2O/c1-11-9-15(19-3)7-8-16(11)17(21)20-12(2)13-5-4-6-14(18)10-13/h4-10,12,19H,1-3H3,(H,20,21). The zero-order valence-electron chi connectivity index (χ0n) is 12.4. The van der Waals surface area contributed by atoms with Crippen LogP contribution in [0.1, 0.15) is 34.5 Å². The Labute approximate surface area is 130 Å². The first-order valence-electron chi connectivity index (χ1n) is 6.86. The Kier molecular flexibility index (Phi) is 4.86. The number of anilines is 1. The third kappa shape index (κ3) is 3.76. The largest absolute Gasteiger partial charge is 0.388 e. The van der Waals surface area contributed by atoms with Gasteiger partial charge in [-0.25, -0.2) is 0 Å². The van der Waals surface area contributed by atoms with E-state index in [1.54, 1.807) is 0 Å². The highest BCUT2D eigenvalue weighted by molar-refractivity contribution is 6.30. The molecule has 0 aliphatic rings. The number of hydrogen-bond donors (Lipinski definition) is 2. The van der Waals surface area contributed by atoms with E-state index in [0.717, 1.165) is 16.8 Å². The van der Waals surface area contributed by atoms with E-state index >= 15 is 0 Å². The minimum absolute atomic E-state index is 0.0809. The zero-order valence-corrected chi connectivity index (χ0v) is 13.2. The number of carbonyl (C=O) groups is 1. The molecule has 0 fully saturated rings. The number of rotatable bonds is 4. The number of carbonyl (C=O) groups excluding carboxylic acids is 1. The predicted molar refractivity (Wildman–Crippen MR) is 88.1 cm³/mol. The summed E-state index contributed by atoms with van der Waals surface area (Å²) in [6.07, 6.45) is 0. The first kappa shape index (κ1) is 15.4. The summed E-state index contributed by atoms with van der Waals surface area (Å²) >= 11 is 5.98. The predicted octanol–water partition coefficient (Wildman–Crippen LogP) is 4.18. The first-order valence-corrected chi connectivity index (χ1v) is 7.24. The fraction of sp³-hybridized carbons (Fsp3) is 0.235. The molecule has 0 heterocycles. The van der Waals surface area contributed by atoms with Crippen molar-refractivity contribution >= 4 is 23.2 Å². The normalized spacial score (nSPS) is 11.8. The van der Waals surface area contributed by atoms with Crippen LogP contribution < -0.4 is 10.6 Å². The second kappa shape index (κ2) is 6.64. The van der Waals surface area contributed by atoms with E-state index in [2.05, 4.69) is 10.6 Å². The van der Waals surface area contributed by atoms with Crippen LogP contribution in [0.3, 0.4) is 0 Å². The lowest BCUT2D eigenvalue weighted by molar-refractivity contribution is 0.0939. The second-order valence-electron chi connectivity index (χ2n) is 5.03. The third-order valence-electron chi connectivity index (χ3n) is 3.46. The smallest absolute Gasteiger partial charge is 0.252 e. The van der Waals surface area contributed by atoms with Gasteiger partial charge in [-0.1, -0.05) is 23.7 Å². The van der Waals surface area contributed by atoms with E-state index in [1.807, 2.05) is 63.4 Å². The van der Waals surface area contributed by atoms with Crippen molar-refractivity contribution in [2.24, 2.45) is 0 Å². The van der Waals surface area contributed by atoms with E-state index in [0.29, 0.717) is 10.6 Å². The minimum atomic E-state index is -0.0976. The number of aryl methyl sites for hydroxylation is 1. The van der Waals surface area contributed by atoms with Gasteiger partial charge in [0.1, 0.15) is 0 Å². The average Bonchev–Trinajstić information content (AvgIpc) is 2.46. The molecule has 2 N–H and O–H groups in total. The molecule has 1 unspecified atom stereocenters. The Morgan fingerprint density at radius 2 is 1.95 bits per heavy atom. The number of nitrogens with one attached hydrogen (secondary N) is 2. The zero-order chi connectivity index (χ0) is 15.4. The lowest BCUT2D eigenvalue weighted by atomic mass is 10.0. The molecule has 1 atom stereocenters. The van der Waals surface area contributed by atoms with Gasteiger partial charge >= 0.3 is 0 Å². The van der Waals surface area contributed by atoms with Crippen LogP contribution in [0.5, 0.6) is 0 Å². The van der Waals surface area contributed by atoms with Crippen molar-refractivity contribution in [1.82, 2.24) is 5.32 Å². The van der Waals surface area contributed by atoms with Gasteiger partial charge in [0.05, 0.1) is 6.04 Å². The van der Waals surface area contributed by atoms with Crippen LogP contribution in [0.2, 0.25) is 5.02 Å². The summed E-state index contributed by atoms with van der Waals surface area (Å²) in [5.41, 5.74) is 3.60. The molecule has 0 spiro atoms. The summed E-state index contributed by atoms with van der Waals surface area (Å²) in [4.78, 5) is 12.4. The molecular formula is C17H19ClN2O. The second-order valence-corrected chi connectivity index (χ2v) is 5.47. The van der Waals surface area contributed by atoms with E-state index in [9.17, 15) is 4.79 Å². The van der Waals surface area contributed by atoms with Crippen molar-refractivity contribution < 1.29 is 4.79 Å². The molecule has 0 aliphatic heterocycles. The van der Waals surface area contributed by atoms with Gasteiger partial charge in [0.15, 0.2) is 0 Å². The van der Waals surface area contributed by atoms with Crippen molar-refractivity contribution in [3.63, 3.8) is 0 Å². The topological polar surface area (TPSA) is 41.1 Å². The average molecular weight is 303 g/mol. The van der Waals surface area contributed by atoms with Gasteiger partial charge in [-0.05, 0) is 55.3 Å². The Morgan fingerprint density at radius 3 is 2.57 bits per heavy atom. The number of benzene rings is 2. The van der Waals surface area contributed by atoms with Gasteiger partial charge in [-0.3, -0.25) is 4.79 Å². The SMILES string of the molecule is CNc1ccc(C(=O)NC(C)c2cccc(Cl)c2)c(C)c1. The van der Waals surface area contributed by atoms with Crippen LogP contribution in [-0.4, -0.2) is 13.0 Å². The van der Waals surface area contributed by atoms with Crippen molar-refractivity contribution in [3.05, 3.63) is 64.2 Å². The highest BCUT2D eigenvalue weighted by Crippen LogP contribution is 2.19. The molecule has 0 saturated heterocycles. The number of hydrogen-bond acceptors (Lipinski definition) is 2. The van der Waals surface area contributed by atoms with Crippen molar-refractivity contribution in [3.8, 4) is 0 Å². The summed E-state index contributed by atoms with van der Waals surface area (Å²) in [5.74, 6) is -0.0809. The summed E-state index contributed by atoms with van der Waals surface area (Å²) < 4.78 is 0. The van der Waals surface area contributed by atoms with Gasteiger partial charge in [-0.15, -0.1) is 0 Å². The van der Waals surface area contributed by atoms with Crippen molar-refractivity contribution in [1.29, 1.82) is 0 Å². The Hall–Kier alpha value is -2.00. The van der Waals surface area contributed by atoms with E-state index < -0.39 is 0 Å². The monoisotopic (exact) mass is 302 g/mol. The minimum Gasteiger partial charge on any atom is -0.388 e. The highest BCUT2D eigenvalue weighted by atomic mass is 35.5. The van der Waals surface area contributed by atoms with E-state index in [-0.39, 0.29) is 11.9 Å². The van der Waals surface area contributed by atoms with Crippen LogP contribution in [0.15, 0.2) is 42.5 Å². The molecule has 1 amide bonds. The van der Waals surface area contributed by atoms with Crippen LogP contribution in [0.4, 0.5) is 5.69 Å². The molecule has 3 nitrogen and oxygen atoms in total. The van der Waals surface area contributed by atoms with Crippen LogP contribution in [0.25, 0.3) is 0 Å². The maximum Gasteiger partial charge on any atom is 0.252 e. The molecule has 0 aliphatic carbocycles. The van der Waals surface area contributed by atoms with Crippen molar-refractivity contribution in [2.75, 3.05) is 12.4 Å². The number of amides is 1. The Morgan fingerprint density at radius 1 is 1.19 bits per heavy atom. The Bertz CT molecular complexity index is 655. The fourth-order valence-electron chi connectivity index (χ4n) is 2.21. The van der Waals surface area contributed by atoms with Gasteiger partial charge in [0, 0.05) is 23.3 Å². The third-order valence-corrected chi connectivity index (χ3v) is 3.69. The molecule has 0 bridgehead atoms. The van der Waals surface area contributed by atoms with Crippen LogP contribution in [0, 0.1) is 6.92 Å². The number of halogens is 1. The van der Waals surface area contributed by atoms with Crippen LogP contribution >= 0.6 is 11.6 Å². The summed E-state index contributed by atoms with van der Waals surface area (Å²) in [5, 5.41) is 6.73. The molecule has 0 aromatic heterocycles. The Balaban J connectivity index is 2.14. The molecular weight excluding hydrogens is 284 g/mol. The maximum atomic E-state index is 12.4. The molecule has 2 aromatic rings. The molecule has 2 rings (SSSR count). The lowest BCUT2D eigenvalue weighted by Gasteiger charge is -2.16. The molecule has 0 saturated carbocycles. The van der Waals surface area contributed by atoms with Gasteiger partial charge in [0.2, 0.25) is 0 Å². The molecule has 4 heteroatoms. The van der Waals surface area contributed by atoms with Crippen LogP contribution in [-0.2, 0) is 0 Å². The van der Waals surface area contributed by atoms with E-state index in [4.69, 9.17) is 11.6 Å². The quantitative estimate of drug-likeness (QED) is 0.889. The summed E-state index contributed by atoms with van der Waals surface area (Å²) in [7, 11) is 1.86. The van der Waals surface area contributed by atoms with Gasteiger partial charge < -0.3 is 10.6 Å². The van der Waals surface area contributed by atoms with Gasteiger partial charge in [0.25, 0.3) is 5.91 Å². The molecule has 2 aromatic carbocycles. The fourth-order valence-corrected chi connectivity index (χ4v) is 2.41. The molecule has 0 radical (unpaired) electrons. The van der Waals surface area contributed by atoms with E-state index in [1.165, 1.54) is 0 Å². The van der Waals surface area contributed by atoms with Crippen molar-refractivity contribution in [2.45, 2.75) is 19.9 Å². The molecule has 110 valence electrons. The molecule has 21 heavy (non-hydrogen) atoms. The summed E-state index contributed by atoms with van der Waals surface area (Å²) in [6, 6.07) is 13.1.